The molecule has 0 saturated carbocycles. The lowest BCUT2D eigenvalue weighted by Crippen LogP contribution is -2.46. The highest BCUT2D eigenvalue weighted by molar-refractivity contribution is 6.08. The summed E-state index contributed by atoms with van der Waals surface area (Å²) < 4.78 is 0. The quantitative estimate of drug-likeness (QED) is 0.101. The summed E-state index contributed by atoms with van der Waals surface area (Å²) >= 11 is 0. The Bertz CT molecular complexity index is 3980. The zero-order valence-electron chi connectivity index (χ0n) is 67.9. The van der Waals surface area contributed by atoms with Gasteiger partial charge in [0, 0.05) is 155 Å². The van der Waals surface area contributed by atoms with Crippen LogP contribution in [0.2, 0.25) is 0 Å². The van der Waals surface area contributed by atoms with Gasteiger partial charge >= 0.3 is 0 Å². The van der Waals surface area contributed by atoms with Gasteiger partial charge in [-0.25, -0.2) is 0 Å². The van der Waals surface area contributed by atoms with Crippen molar-refractivity contribution in [1.82, 2.24) is 19.6 Å². The molecule has 5 heterocycles. The van der Waals surface area contributed by atoms with Crippen LogP contribution < -0.4 is 31.1 Å². The largest absolute Gasteiger partial charge is 0.372 e. The van der Waals surface area contributed by atoms with Gasteiger partial charge in [0.15, 0.2) is 0 Å². The fraction of sp³-hybridized carbons (Fsp3) is 0.494. The Balaban J connectivity index is 0.000000200. The average molecular weight is 1420 g/mol. The van der Waals surface area contributed by atoms with Gasteiger partial charge in [0.05, 0.1) is 0 Å². The highest BCUT2D eigenvalue weighted by Crippen LogP contribution is 2.43. The van der Waals surface area contributed by atoms with E-state index in [0.29, 0.717) is 11.4 Å². The summed E-state index contributed by atoms with van der Waals surface area (Å²) in [5.74, 6) is -0.132. The smallest absolute Gasteiger partial charge is 0.255 e. The molecule has 0 radical (unpaired) electrons. The number of nitrogens with one attached hydrogen (secondary N) is 4. The molecule has 104 heavy (non-hydrogen) atoms. The minimum Gasteiger partial charge on any atom is -0.372 e. The molecule has 0 fully saturated rings. The molecule has 5 amide bonds. The number of anilines is 6. The van der Waals surface area contributed by atoms with E-state index in [1.54, 1.807) is 4.90 Å². The summed E-state index contributed by atoms with van der Waals surface area (Å²) in [6.45, 7) is 56.2. The average Bonchev–Trinajstić information content (AvgIpc) is 0.802. The molecule has 15 heteroatoms. The third-order valence-electron chi connectivity index (χ3n) is 21.2. The molecule has 0 unspecified atom stereocenters. The van der Waals surface area contributed by atoms with Gasteiger partial charge < -0.3 is 50.7 Å². The number of benzene rings is 5. The SMILES string of the molecule is CC1(C)CCN(C(C)(C)C)C=C1C(=O)Nc1ccccc1.CN(C(=O)C1=CN(C(C)(C)C)CCC1(C)C)c1ccccc1.Cc1ccc(N2C=C(C(=O)Nc3ccccc3)C(C)(C)CC2)cc1.Cc1ccc(NC(=O)C2=CN(C(C)(C)C)CCC2(C)C)cc1NC(=O)C1=CN(C(C)(C)C)CCC1(C)C. The summed E-state index contributed by atoms with van der Waals surface area (Å²) in [5, 5.41) is 12.3. The Morgan fingerprint density at radius 1 is 0.356 bits per heavy atom. The van der Waals surface area contributed by atoms with Crippen molar-refractivity contribution in [3.63, 3.8) is 0 Å². The number of hydrogen-bond donors (Lipinski definition) is 4. The lowest BCUT2D eigenvalue weighted by molar-refractivity contribution is -0.116. The lowest BCUT2D eigenvalue weighted by atomic mass is 9.77. The van der Waals surface area contributed by atoms with Crippen LogP contribution in [-0.4, -0.2) is 111 Å². The Labute approximate surface area is 625 Å². The predicted molar refractivity (Wildman–Crippen MR) is 435 cm³/mol. The van der Waals surface area contributed by atoms with Gasteiger partial charge in [-0.2, -0.15) is 0 Å². The van der Waals surface area contributed by atoms with Crippen LogP contribution in [-0.2, 0) is 24.0 Å². The molecule has 5 aromatic carbocycles. The normalized spacial score (nSPS) is 18.2. The number of carbonyl (C=O) groups excluding carboxylic acids is 5. The van der Waals surface area contributed by atoms with Gasteiger partial charge in [-0.15, -0.1) is 0 Å². The van der Waals surface area contributed by atoms with Crippen LogP contribution in [0, 0.1) is 40.9 Å². The Morgan fingerprint density at radius 2 is 0.663 bits per heavy atom. The van der Waals surface area contributed by atoms with Gasteiger partial charge in [-0.05, 0) is 222 Å². The number of amides is 5. The molecule has 10 rings (SSSR count). The van der Waals surface area contributed by atoms with Gasteiger partial charge in [0.25, 0.3) is 29.5 Å². The Hall–Kier alpha value is -8.85. The monoisotopic (exact) mass is 1410 g/mol. The van der Waals surface area contributed by atoms with Crippen LogP contribution in [0.1, 0.15) is 196 Å². The molecular weight excluding hydrogens is 1290 g/mol. The van der Waals surface area contributed by atoms with Crippen molar-refractivity contribution in [2.75, 3.05) is 70.8 Å². The van der Waals surface area contributed by atoms with E-state index >= 15 is 0 Å². The van der Waals surface area contributed by atoms with Gasteiger partial charge in [-0.3, -0.25) is 24.0 Å². The maximum atomic E-state index is 13.5. The summed E-state index contributed by atoms with van der Waals surface area (Å²) in [6.07, 6.45) is 14.9. The second-order valence-electron chi connectivity index (χ2n) is 36.1. The molecule has 0 spiro atoms. The Kier molecular flexibility index (Phi) is 25.9. The molecule has 0 aromatic heterocycles. The fourth-order valence-corrected chi connectivity index (χ4v) is 13.1. The summed E-state index contributed by atoms with van der Waals surface area (Å²) in [5.41, 5.74) is 10.6. The number of aryl methyl sites for hydroxylation is 2. The number of nitrogens with zero attached hydrogens (tertiary/aromatic N) is 6. The van der Waals surface area contributed by atoms with Crippen molar-refractivity contribution in [3.8, 4) is 0 Å². The number of hydrogen-bond acceptors (Lipinski definition) is 10. The van der Waals surface area contributed by atoms with Crippen molar-refractivity contribution in [2.24, 2.45) is 27.1 Å². The van der Waals surface area contributed by atoms with E-state index in [1.165, 1.54) is 5.56 Å². The second-order valence-corrected chi connectivity index (χ2v) is 36.1. The molecule has 562 valence electrons. The molecule has 15 nitrogen and oxygen atoms in total. The molecule has 5 aromatic rings. The van der Waals surface area contributed by atoms with Crippen LogP contribution >= 0.6 is 0 Å². The zero-order chi connectivity index (χ0) is 77.3. The molecule has 0 atom stereocenters. The third-order valence-corrected chi connectivity index (χ3v) is 21.2. The van der Waals surface area contributed by atoms with E-state index in [1.807, 2.05) is 148 Å². The molecule has 4 N–H and O–H groups in total. The van der Waals surface area contributed by atoms with Gasteiger partial charge in [0.1, 0.15) is 0 Å². The van der Waals surface area contributed by atoms with E-state index in [-0.39, 0.29) is 78.8 Å². The first-order valence-corrected chi connectivity index (χ1v) is 37.4. The van der Waals surface area contributed by atoms with Gasteiger partial charge in [0.2, 0.25) is 0 Å². The minimum absolute atomic E-state index is 0.000139. The summed E-state index contributed by atoms with van der Waals surface area (Å²) in [4.78, 5) is 78.4. The zero-order valence-corrected chi connectivity index (χ0v) is 67.9. The van der Waals surface area contributed by atoms with Crippen molar-refractivity contribution >= 4 is 63.7 Å². The second kappa shape index (κ2) is 32.7. The first kappa shape index (κ1) is 82.4. The topological polar surface area (TPSA) is 153 Å². The standard InChI is InChI=1S/C31H48N4O2.C21H24N2O.C19H28N2O.C18H26N2O/c1-21-12-13-22(32-26(36)23-19-34(28(2,3)4)16-14-30(23,8)9)18-25(21)33-27(37)24-20-35(29(5,6)7)17-15-31(24,10)11;1-16-9-11-18(12-10-16)23-14-13-21(2,3)19(15-23)20(24)22-17-7-5-4-6-8-17;1-18(2,3)21-13-12-19(4,5)16(14-21)17(22)20(6)15-10-8-7-9-11-15;1-17(2,3)20-12-11-18(4,5)15(13-20)16(21)19-14-9-7-6-8-10-14/h12-13,18-20H,14-17H2,1-11H3,(H,32,36)(H,33,37);4-12,15H,13-14H2,1-3H3,(H,22,24);7-11,14H,12-13H2,1-6H3;6-10,13H,11-12H2,1-5H3,(H,19,21). The van der Waals surface area contributed by atoms with Crippen molar-refractivity contribution in [2.45, 2.75) is 220 Å². The fourth-order valence-electron chi connectivity index (χ4n) is 13.1. The van der Waals surface area contributed by atoms with Crippen molar-refractivity contribution in [1.29, 1.82) is 0 Å². The maximum absolute atomic E-state index is 13.5. The van der Waals surface area contributed by atoms with E-state index in [2.05, 4.69) is 235 Å². The number of likely N-dealkylation sites (N-methyl/N-ethyl adjacent to an activating group) is 1. The Morgan fingerprint density at radius 3 is 1.03 bits per heavy atom. The van der Waals surface area contributed by atoms with Crippen LogP contribution in [0.25, 0.3) is 0 Å². The number of carbonyl (C=O) groups is 5. The minimum atomic E-state index is -0.219. The highest BCUT2D eigenvalue weighted by atomic mass is 16.2. The van der Waals surface area contributed by atoms with E-state index < -0.39 is 0 Å². The van der Waals surface area contributed by atoms with Crippen LogP contribution in [0.5, 0.6) is 0 Å². The molecule has 5 aliphatic heterocycles. The van der Waals surface area contributed by atoms with Crippen LogP contribution in [0.4, 0.5) is 34.1 Å². The molecule has 0 saturated heterocycles. The van der Waals surface area contributed by atoms with Crippen LogP contribution in [0.3, 0.4) is 0 Å². The van der Waals surface area contributed by atoms with E-state index in [0.717, 1.165) is 121 Å². The predicted octanol–water partition coefficient (Wildman–Crippen LogP) is 19.6. The van der Waals surface area contributed by atoms with E-state index in [4.69, 9.17) is 0 Å². The summed E-state index contributed by atoms with van der Waals surface area (Å²) in [6, 6.07) is 43.2. The third kappa shape index (κ3) is 21.9. The van der Waals surface area contributed by atoms with Crippen LogP contribution in [0.15, 0.2) is 192 Å². The lowest BCUT2D eigenvalue weighted by Gasteiger charge is -2.44. The first-order valence-electron chi connectivity index (χ1n) is 37.4. The summed E-state index contributed by atoms with van der Waals surface area (Å²) in [7, 11) is 1.85. The molecule has 5 aliphatic rings. The highest BCUT2D eigenvalue weighted by Gasteiger charge is 2.41. The molecule has 0 bridgehead atoms. The van der Waals surface area contributed by atoms with E-state index in [9.17, 15) is 24.0 Å². The van der Waals surface area contributed by atoms with Crippen molar-refractivity contribution < 1.29 is 24.0 Å². The first-order chi connectivity index (χ1) is 48.1. The molecular formula is C89H126N10O5. The number of para-hydroxylation sites is 3. The molecule has 0 aliphatic carbocycles. The number of rotatable bonds is 11. The van der Waals surface area contributed by atoms with Gasteiger partial charge in [-0.1, -0.05) is 148 Å². The van der Waals surface area contributed by atoms with Crippen molar-refractivity contribution in [3.05, 3.63) is 203 Å². The maximum Gasteiger partial charge on any atom is 0.255 e.